The molecule has 0 aliphatic heterocycles. The summed E-state index contributed by atoms with van der Waals surface area (Å²) >= 11 is 1.34. The SMILES string of the molecule is CC[C@H](Sc1ncc(-c2ccccc2)nn1)C(=O)Nc1nnc(C(F)(F)F)s1. The lowest BCUT2D eigenvalue weighted by Crippen LogP contribution is -2.24. The van der Waals surface area contributed by atoms with Gasteiger partial charge in [-0.05, 0) is 6.42 Å². The van der Waals surface area contributed by atoms with E-state index in [1.807, 2.05) is 30.3 Å². The molecule has 1 atom stereocenters. The lowest BCUT2D eigenvalue weighted by molar-refractivity contribution is -0.138. The van der Waals surface area contributed by atoms with Crippen LogP contribution in [0.3, 0.4) is 0 Å². The van der Waals surface area contributed by atoms with Crippen molar-refractivity contribution in [2.24, 2.45) is 0 Å². The molecule has 0 aliphatic rings. The highest BCUT2D eigenvalue weighted by molar-refractivity contribution is 8.00. The smallest absolute Gasteiger partial charge is 0.300 e. The zero-order chi connectivity index (χ0) is 20.1. The van der Waals surface area contributed by atoms with Crippen molar-refractivity contribution in [3.63, 3.8) is 0 Å². The molecule has 2 heterocycles. The molecular weight excluding hydrogens is 413 g/mol. The van der Waals surface area contributed by atoms with Crippen molar-refractivity contribution < 1.29 is 18.0 Å². The third kappa shape index (κ3) is 5.01. The van der Waals surface area contributed by atoms with Crippen LogP contribution in [0.15, 0.2) is 41.7 Å². The highest BCUT2D eigenvalue weighted by Gasteiger charge is 2.36. The zero-order valence-electron chi connectivity index (χ0n) is 14.3. The minimum absolute atomic E-state index is 0.213. The topological polar surface area (TPSA) is 93.5 Å². The van der Waals surface area contributed by atoms with E-state index >= 15 is 0 Å². The maximum absolute atomic E-state index is 12.6. The minimum Gasteiger partial charge on any atom is -0.300 e. The van der Waals surface area contributed by atoms with Crippen LogP contribution < -0.4 is 5.32 Å². The highest BCUT2D eigenvalue weighted by atomic mass is 32.2. The first-order valence-electron chi connectivity index (χ1n) is 8.00. The van der Waals surface area contributed by atoms with E-state index in [2.05, 4.69) is 30.7 Å². The summed E-state index contributed by atoms with van der Waals surface area (Å²) in [5.41, 5.74) is 1.46. The lowest BCUT2D eigenvalue weighted by Gasteiger charge is -2.11. The van der Waals surface area contributed by atoms with Gasteiger partial charge >= 0.3 is 6.18 Å². The molecule has 0 radical (unpaired) electrons. The first-order valence-corrected chi connectivity index (χ1v) is 9.69. The molecule has 7 nitrogen and oxygen atoms in total. The van der Waals surface area contributed by atoms with Crippen molar-refractivity contribution in [3.05, 3.63) is 41.5 Å². The molecule has 0 fully saturated rings. The van der Waals surface area contributed by atoms with E-state index in [1.165, 1.54) is 0 Å². The van der Waals surface area contributed by atoms with Gasteiger partial charge in [-0.15, -0.1) is 20.4 Å². The number of hydrogen-bond donors (Lipinski definition) is 1. The lowest BCUT2D eigenvalue weighted by atomic mass is 10.2. The van der Waals surface area contributed by atoms with Crippen molar-refractivity contribution in [1.82, 2.24) is 25.4 Å². The van der Waals surface area contributed by atoms with E-state index in [0.717, 1.165) is 17.3 Å². The zero-order valence-corrected chi connectivity index (χ0v) is 16.0. The molecule has 2 aromatic heterocycles. The molecule has 146 valence electrons. The van der Waals surface area contributed by atoms with Crippen molar-refractivity contribution in [2.45, 2.75) is 29.9 Å². The van der Waals surface area contributed by atoms with E-state index < -0.39 is 22.3 Å². The monoisotopic (exact) mass is 426 g/mol. The number of rotatable bonds is 6. The van der Waals surface area contributed by atoms with Gasteiger partial charge in [-0.25, -0.2) is 4.98 Å². The van der Waals surface area contributed by atoms with E-state index in [9.17, 15) is 18.0 Å². The Kier molecular flexibility index (Phi) is 6.19. The predicted molar refractivity (Wildman–Crippen MR) is 98.7 cm³/mol. The van der Waals surface area contributed by atoms with Crippen LogP contribution in [0.1, 0.15) is 18.4 Å². The van der Waals surface area contributed by atoms with Crippen LogP contribution in [0.25, 0.3) is 11.3 Å². The van der Waals surface area contributed by atoms with Gasteiger partial charge in [-0.2, -0.15) is 13.2 Å². The number of carbonyl (C=O) groups excluding carboxylic acids is 1. The van der Waals surface area contributed by atoms with Crippen LogP contribution in [0.4, 0.5) is 18.3 Å². The number of nitrogens with one attached hydrogen (secondary N) is 1. The molecule has 3 rings (SSSR count). The first-order chi connectivity index (χ1) is 13.4. The molecule has 1 amide bonds. The molecule has 0 unspecified atom stereocenters. The van der Waals surface area contributed by atoms with Gasteiger partial charge in [0, 0.05) is 5.56 Å². The summed E-state index contributed by atoms with van der Waals surface area (Å²) in [7, 11) is 0. The number of alkyl halides is 3. The Morgan fingerprint density at radius 3 is 2.50 bits per heavy atom. The maximum Gasteiger partial charge on any atom is 0.445 e. The molecule has 0 saturated carbocycles. The fourth-order valence-electron chi connectivity index (χ4n) is 2.08. The average molecular weight is 426 g/mol. The maximum atomic E-state index is 12.6. The molecule has 1 aromatic carbocycles. The number of hydrogen-bond acceptors (Lipinski definition) is 8. The Balaban J connectivity index is 1.65. The van der Waals surface area contributed by atoms with Crippen LogP contribution in [-0.2, 0) is 11.0 Å². The van der Waals surface area contributed by atoms with Gasteiger partial charge in [0.15, 0.2) is 0 Å². The Morgan fingerprint density at radius 1 is 1.18 bits per heavy atom. The quantitative estimate of drug-likeness (QED) is 0.597. The van der Waals surface area contributed by atoms with E-state index in [0.29, 0.717) is 12.1 Å². The largest absolute Gasteiger partial charge is 0.445 e. The average Bonchev–Trinajstić information content (AvgIpc) is 3.16. The van der Waals surface area contributed by atoms with Gasteiger partial charge in [0.25, 0.3) is 0 Å². The molecule has 0 spiro atoms. The Morgan fingerprint density at radius 2 is 1.93 bits per heavy atom. The molecule has 12 heteroatoms. The molecule has 0 bridgehead atoms. The van der Waals surface area contributed by atoms with E-state index in [4.69, 9.17) is 0 Å². The third-order valence-corrected chi connectivity index (χ3v) is 5.53. The summed E-state index contributed by atoms with van der Waals surface area (Å²) in [6.07, 6.45) is -2.64. The Bertz CT molecular complexity index is 934. The summed E-state index contributed by atoms with van der Waals surface area (Å²) in [5.74, 6) is -0.506. The fourth-order valence-corrected chi connectivity index (χ4v) is 3.49. The second-order valence-corrected chi connectivity index (χ2v) is 7.55. The second kappa shape index (κ2) is 8.61. The minimum atomic E-state index is -4.60. The van der Waals surface area contributed by atoms with Gasteiger partial charge < -0.3 is 0 Å². The Labute approximate surface area is 165 Å². The predicted octanol–water partition coefficient (Wildman–Crippen LogP) is 3.92. The molecule has 28 heavy (non-hydrogen) atoms. The van der Waals surface area contributed by atoms with Gasteiger partial charge in [-0.3, -0.25) is 10.1 Å². The molecule has 3 aromatic rings. The normalized spacial score (nSPS) is 12.6. The van der Waals surface area contributed by atoms with E-state index in [1.54, 1.807) is 13.1 Å². The van der Waals surface area contributed by atoms with Crippen LogP contribution in [0.2, 0.25) is 0 Å². The van der Waals surface area contributed by atoms with Crippen LogP contribution >= 0.6 is 23.1 Å². The molecule has 0 saturated heterocycles. The number of benzene rings is 1. The number of nitrogens with zero attached hydrogens (tertiary/aromatic N) is 5. The Hall–Kier alpha value is -2.60. The highest BCUT2D eigenvalue weighted by Crippen LogP contribution is 2.33. The fraction of sp³-hybridized carbons (Fsp3) is 0.250. The number of carbonyl (C=O) groups is 1. The third-order valence-electron chi connectivity index (χ3n) is 3.42. The van der Waals surface area contributed by atoms with Crippen molar-refractivity contribution in [3.8, 4) is 11.3 Å². The number of aromatic nitrogens is 5. The van der Waals surface area contributed by atoms with Crippen molar-refractivity contribution >= 4 is 34.1 Å². The molecule has 1 N–H and O–H groups in total. The second-order valence-electron chi connectivity index (χ2n) is 5.41. The van der Waals surface area contributed by atoms with Gasteiger partial charge in [0.2, 0.25) is 21.2 Å². The number of thioether (sulfide) groups is 1. The summed E-state index contributed by atoms with van der Waals surface area (Å²) in [6.45, 7) is 1.77. The summed E-state index contributed by atoms with van der Waals surface area (Å²) in [6, 6.07) is 9.37. The molecule has 0 aliphatic carbocycles. The van der Waals surface area contributed by atoms with Gasteiger partial charge in [0.1, 0.15) is 5.69 Å². The van der Waals surface area contributed by atoms with Crippen LogP contribution in [0, 0.1) is 0 Å². The summed E-state index contributed by atoms with van der Waals surface area (Å²) in [5, 5.41) is 15.2. The summed E-state index contributed by atoms with van der Waals surface area (Å²) < 4.78 is 37.7. The number of amides is 1. The number of anilines is 1. The standard InChI is InChI=1S/C16H13F3N6OS2/c1-2-11(12(26)21-15-25-23-13(28-15)16(17,18)19)27-14-20-8-10(22-24-14)9-6-4-3-5-7-9/h3-8,11H,2H2,1H3,(H,21,25,26)/t11-/m0/s1. The van der Waals surface area contributed by atoms with Crippen LogP contribution in [0.5, 0.6) is 0 Å². The summed E-state index contributed by atoms with van der Waals surface area (Å²) in [4.78, 5) is 16.5. The van der Waals surface area contributed by atoms with E-state index in [-0.39, 0.29) is 21.6 Å². The van der Waals surface area contributed by atoms with Gasteiger partial charge in [0.05, 0.1) is 11.4 Å². The van der Waals surface area contributed by atoms with Crippen molar-refractivity contribution in [2.75, 3.05) is 5.32 Å². The first kappa shape index (κ1) is 20.1. The molecular formula is C16H13F3N6OS2. The van der Waals surface area contributed by atoms with Gasteiger partial charge in [-0.1, -0.05) is 60.4 Å². The van der Waals surface area contributed by atoms with Crippen LogP contribution in [-0.4, -0.2) is 36.5 Å². The van der Waals surface area contributed by atoms with Crippen molar-refractivity contribution in [1.29, 1.82) is 0 Å². The number of halogens is 3.